The number of nitrogens with one attached hydrogen (secondary N) is 2. The van der Waals surface area contributed by atoms with Gasteiger partial charge in [-0.05, 0) is 37.1 Å². The lowest BCUT2D eigenvalue weighted by molar-refractivity contribution is 0.392. The molecule has 0 aliphatic carbocycles. The van der Waals surface area contributed by atoms with E-state index in [1.54, 1.807) is 26.3 Å². The molecular weight excluding hydrogens is 307 g/mol. The molecule has 0 aliphatic rings. The molecule has 6 heteroatoms. The highest BCUT2D eigenvalue weighted by Gasteiger charge is 2.05. The van der Waals surface area contributed by atoms with E-state index in [0.717, 1.165) is 17.7 Å². The highest BCUT2D eigenvalue weighted by Crippen LogP contribution is 2.13. The van der Waals surface area contributed by atoms with Crippen molar-refractivity contribution in [3.63, 3.8) is 0 Å². The highest BCUT2D eigenvalue weighted by molar-refractivity contribution is 5.79. The Balaban J connectivity index is 2.03. The molecular formula is C18H23FN4O. The van der Waals surface area contributed by atoms with E-state index in [-0.39, 0.29) is 5.82 Å². The predicted octanol–water partition coefficient (Wildman–Crippen LogP) is 2.79. The molecule has 0 saturated carbocycles. The smallest absolute Gasteiger partial charge is 0.218 e. The van der Waals surface area contributed by atoms with Crippen LogP contribution < -0.4 is 15.4 Å². The van der Waals surface area contributed by atoms with E-state index in [1.807, 2.05) is 25.1 Å². The lowest BCUT2D eigenvalue weighted by Crippen LogP contribution is -2.36. The van der Waals surface area contributed by atoms with E-state index < -0.39 is 0 Å². The molecule has 128 valence electrons. The van der Waals surface area contributed by atoms with Crippen LogP contribution in [-0.2, 0) is 13.1 Å². The standard InChI is InChI=1S/C18H23FN4O/c1-4-20-18(22-11-14-8-7-13(2)16(19)10-14)23-12-15-6-5-9-21-17(15)24-3/h5-10H,4,11-12H2,1-3H3,(H2,20,22,23). The first-order chi connectivity index (χ1) is 11.6. The van der Waals surface area contributed by atoms with Crippen molar-refractivity contribution in [3.05, 3.63) is 59.0 Å². The molecule has 0 atom stereocenters. The normalized spacial score (nSPS) is 11.2. The fourth-order valence-corrected chi connectivity index (χ4v) is 2.17. The zero-order chi connectivity index (χ0) is 17.4. The summed E-state index contributed by atoms with van der Waals surface area (Å²) < 4.78 is 18.8. The molecule has 5 nitrogen and oxygen atoms in total. The van der Waals surface area contributed by atoms with Gasteiger partial charge in [0.1, 0.15) is 5.82 Å². The fraction of sp³-hybridized carbons (Fsp3) is 0.333. The SMILES string of the molecule is CCNC(=NCc1ccc(C)c(F)c1)NCc1cccnc1OC. The maximum Gasteiger partial charge on any atom is 0.218 e. The molecule has 1 aromatic heterocycles. The zero-order valence-corrected chi connectivity index (χ0v) is 14.3. The second-order valence-corrected chi connectivity index (χ2v) is 5.30. The highest BCUT2D eigenvalue weighted by atomic mass is 19.1. The van der Waals surface area contributed by atoms with Crippen LogP contribution in [0.3, 0.4) is 0 Å². The van der Waals surface area contributed by atoms with Gasteiger partial charge in [-0.3, -0.25) is 0 Å². The Hall–Kier alpha value is -2.63. The second-order valence-electron chi connectivity index (χ2n) is 5.30. The van der Waals surface area contributed by atoms with E-state index >= 15 is 0 Å². The van der Waals surface area contributed by atoms with Crippen LogP contribution in [0.4, 0.5) is 4.39 Å². The van der Waals surface area contributed by atoms with Crippen LogP contribution in [0.2, 0.25) is 0 Å². The van der Waals surface area contributed by atoms with Crippen LogP contribution in [0.25, 0.3) is 0 Å². The first kappa shape index (κ1) is 17.7. The Morgan fingerprint density at radius 3 is 2.83 bits per heavy atom. The monoisotopic (exact) mass is 330 g/mol. The third-order valence-electron chi connectivity index (χ3n) is 3.49. The van der Waals surface area contributed by atoms with E-state index in [9.17, 15) is 4.39 Å². The number of hydrogen-bond acceptors (Lipinski definition) is 3. The van der Waals surface area contributed by atoms with Crippen molar-refractivity contribution in [1.29, 1.82) is 0 Å². The molecule has 1 heterocycles. The largest absolute Gasteiger partial charge is 0.481 e. The van der Waals surface area contributed by atoms with Crippen LogP contribution in [0.1, 0.15) is 23.6 Å². The van der Waals surface area contributed by atoms with Crippen molar-refractivity contribution in [1.82, 2.24) is 15.6 Å². The number of methoxy groups -OCH3 is 1. The third-order valence-corrected chi connectivity index (χ3v) is 3.49. The van der Waals surface area contributed by atoms with Crippen LogP contribution in [-0.4, -0.2) is 24.6 Å². The lowest BCUT2D eigenvalue weighted by Gasteiger charge is -2.13. The quantitative estimate of drug-likeness (QED) is 0.632. The van der Waals surface area contributed by atoms with Crippen LogP contribution in [0.15, 0.2) is 41.5 Å². The first-order valence-corrected chi connectivity index (χ1v) is 7.89. The number of rotatable bonds is 6. The molecule has 0 radical (unpaired) electrons. The summed E-state index contributed by atoms with van der Waals surface area (Å²) in [5.41, 5.74) is 2.40. The van der Waals surface area contributed by atoms with Gasteiger partial charge in [-0.25, -0.2) is 14.4 Å². The van der Waals surface area contributed by atoms with Crippen molar-refractivity contribution in [3.8, 4) is 5.88 Å². The summed E-state index contributed by atoms with van der Waals surface area (Å²) in [5.74, 6) is 1.03. The van der Waals surface area contributed by atoms with Crippen molar-refractivity contribution in [2.45, 2.75) is 26.9 Å². The van der Waals surface area contributed by atoms with Gasteiger partial charge in [-0.1, -0.05) is 18.2 Å². The van der Waals surface area contributed by atoms with Crippen molar-refractivity contribution < 1.29 is 9.13 Å². The van der Waals surface area contributed by atoms with Gasteiger partial charge in [-0.15, -0.1) is 0 Å². The number of hydrogen-bond donors (Lipinski definition) is 2. The molecule has 2 rings (SSSR count). The lowest BCUT2D eigenvalue weighted by atomic mass is 10.1. The Labute approximate surface area is 142 Å². The minimum absolute atomic E-state index is 0.208. The van der Waals surface area contributed by atoms with Crippen LogP contribution in [0, 0.1) is 12.7 Å². The van der Waals surface area contributed by atoms with Gasteiger partial charge in [-0.2, -0.15) is 0 Å². The number of halogens is 1. The molecule has 0 fully saturated rings. The van der Waals surface area contributed by atoms with Gasteiger partial charge >= 0.3 is 0 Å². The summed E-state index contributed by atoms with van der Waals surface area (Å²) in [5, 5.41) is 6.40. The van der Waals surface area contributed by atoms with E-state index in [4.69, 9.17) is 4.74 Å². The number of aryl methyl sites for hydroxylation is 1. The summed E-state index contributed by atoms with van der Waals surface area (Å²) in [6, 6.07) is 8.97. The average Bonchev–Trinajstić information content (AvgIpc) is 2.60. The molecule has 0 spiro atoms. The fourth-order valence-electron chi connectivity index (χ4n) is 2.17. The zero-order valence-electron chi connectivity index (χ0n) is 14.3. The molecule has 2 aromatic rings. The van der Waals surface area contributed by atoms with Crippen LogP contribution in [0.5, 0.6) is 5.88 Å². The van der Waals surface area contributed by atoms with Gasteiger partial charge in [0.2, 0.25) is 5.88 Å². The summed E-state index contributed by atoms with van der Waals surface area (Å²) in [4.78, 5) is 8.66. The van der Waals surface area contributed by atoms with E-state index in [2.05, 4.69) is 20.6 Å². The summed E-state index contributed by atoms with van der Waals surface area (Å²) in [7, 11) is 1.59. The number of aromatic nitrogens is 1. The van der Waals surface area contributed by atoms with Crippen LogP contribution >= 0.6 is 0 Å². The number of nitrogens with zero attached hydrogens (tertiary/aromatic N) is 2. The number of pyridine rings is 1. The minimum atomic E-state index is -0.208. The molecule has 2 N–H and O–H groups in total. The van der Waals surface area contributed by atoms with E-state index in [0.29, 0.717) is 30.5 Å². The van der Waals surface area contributed by atoms with Gasteiger partial charge in [0.05, 0.1) is 13.7 Å². The Morgan fingerprint density at radius 1 is 1.29 bits per heavy atom. The molecule has 0 amide bonds. The summed E-state index contributed by atoms with van der Waals surface area (Å²) in [6.45, 7) is 5.41. The Kier molecular flexibility index (Phi) is 6.54. The molecule has 0 aliphatic heterocycles. The van der Waals surface area contributed by atoms with Gasteiger partial charge in [0.15, 0.2) is 5.96 Å². The Bertz CT molecular complexity index is 703. The maximum atomic E-state index is 13.6. The van der Waals surface area contributed by atoms with Crippen molar-refractivity contribution in [2.75, 3.05) is 13.7 Å². The maximum absolute atomic E-state index is 13.6. The Morgan fingerprint density at radius 2 is 2.12 bits per heavy atom. The molecule has 24 heavy (non-hydrogen) atoms. The summed E-state index contributed by atoms with van der Waals surface area (Å²) >= 11 is 0. The van der Waals surface area contributed by atoms with Gasteiger partial charge in [0.25, 0.3) is 0 Å². The van der Waals surface area contributed by atoms with Crippen molar-refractivity contribution >= 4 is 5.96 Å². The third kappa shape index (κ3) is 4.94. The molecule has 0 saturated heterocycles. The topological polar surface area (TPSA) is 58.5 Å². The van der Waals surface area contributed by atoms with Crippen molar-refractivity contribution in [2.24, 2.45) is 4.99 Å². The number of guanidine groups is 1. The minimum Gasteiger partial charge on any atom is -0.481 e. The van der Waals surface area contributed by atoms with Gasteiger partial charge in [0, 0.05) is 24.8 Å². The number of aliphatic imine (C=N–C) groups is 1. The summed E-state index contributed by atoms with van der Waals surface area (Å²) in [6.07, 6.45) is 1.69. The molecule has 0 bridgehead atoms. The second kappa shape index (κ2) is 8.86. The van der Waals surface area contributed by atoms with Gasteiger partial charge < -0.3 is 15.4 Å². The number of ether oxygens (including phenoxy) is 1. The number of benzene rings is 1. The molecule has 0 unspecified atom stereocenters. The van der Waals surface area contributed by atoms with E-state index in [1.165, 1.54) is 6.07 Å². The molecule has 1 aromatic carbocycles. The average molecular weight is 330 g/mol. The predicted molar refractivity (Wildman–Crippen MR) is 93.6 cm³/mol. The first-order valence-electron chi connectivity index (χ1n) is 7.89.